The van der Waals surface area contributed by atoms with Crippen LogP contribution in [0.1, 0.15) is 12.0 Å². The van der Waals surface area contributed by atoms with E-state index in [1.165, 1.54) is 0 Å². The number of rotatable bonds is 9. The van der Waals surface area contributed by atoms with Crippen LogP contribution in [0, 0.1) is 0 Å². The topological polar surface area (TPSA) is 295 Å². The fraction of sp³-hybridized carbons (Fsp3) is 0.731. The number of amides is 1. The van der Waals surface area contributed by atoms with Crippen LogP contribution in [0.3, 0.4) is 0 Å². The molecule has 4 rings (SSSR count). The minimum Gasteiger partial charge on any atom is -0.445 e. The predicted molar refractivity (Wildman–Crippen MR) is 143 cm³/mol. The number of aliphatic hydroxyl groups is 7. The maximum Gasteiger partial charge on any atom is 0.407 e. The molecule has 43 heavy (non-hydrogen) atoms. The number of carbonyl (C=O) groups excluding carboxylic acids is 1. The van der Waals surface area contributed by atoms with E-state index in [-0.39, 0.29) is 19.6 Å². The Morgan fingerprint density at radius 2 is 1.37 bits per heavy atom. The molecule has 0 spiro atoms. The van der Waals surface area contributed by atoms with Gasteiger partial charge in [-0.2, -0.15) is 0 Å². The standard InChI is InChI=1S/C26H42N4O13/c27-11-6-12(28)23(21(37)22(11)42-24-18(34)15(29)16(32)14(8-31)41-24)43-25-20(36)19(35)17(33)13(40-25)7-30-26(38)39-9-10-4-2-1-3-5-10/h1-5,11-25,31-37H,6-9,27-29H2,(H,30,38)/t11-,12+,13-,14-,15+,16-,17-,18-,19+,20-,21-,22+,23-,24-,25-/m1/s1. The van der Waals surface area contributed by atoms with Crippen molar-refractivity contribution >= 4 is 6.09 Å². The molecular formula is C26H42N4O13. The van der Waals surface area contributed by atoms with Gasteiger partial charge in [-0.05, 0) is 12.0 Å². The van der Waals surface area contributed by atoms with Gasteiger partial charge in [0.2, 0.25) is 0 Å². The van der Waals surface area contributed by atoms with Crippen molar-refractivity contribution in [1.82, 2.24) is 5.32 Å². The van der Waals surface area contributed by atoms with Gasteiger partial charge in [-0.1, -0.05) is 30.3 Å². The zero-order chi connectivity index (χ0) is 31.4. The maximum absolute atomic E-state index is 12.2. The summed E-state index contributed by atoms with van der Waals surface area (Å²) in [6.45, 7) is -0.959. The third-order valence-electron chi connectivity index (χ3n) is 7.91. The fourth-order valence-corrected chi connectivity index (χ4v) is 5.33. The highest BCUT2D eigenvalue weighted by Crippen LogP contribution is 2.31. The molecule has 17 heteroatoms. The molecular weight excluding hydrogens is 576 g/mol. The lowest BCUT2D eigenvalue weighted by atomic mass is 9.84. The molecule has 1 amide bonds. The second-order valence-electron chi connectivity index (χ2n) is 11.0. The number of alkyl carbamates (subject to hydrolysis) is 1. The second kappa shape index (κ2) is 14.8. The maximum atomic E-state index is 12.2. The first-order chi connectivity index (χ1) is 20.4. The third kappa shape index (κ3) is 7.78. The van der Waals surface area contributed by atoms with Crippen LogP contribution in [-0.4, -0.2) is 147 Å². The summed E-state index contributed by atoms with van der Waals surface area (Å²) in [7, 11) is 0. The number of nitrogens with two attached hydrogens (primary N) is 3. The lowest BCUT2D eigenvalue weighted by Crippen LogP contribution is -2.68. The molecule has 15 atom stereocenters. The van der Waals surface area contributed by atoms with Crippen molar-refractivity contribution in [2.24, 2.45) is 17.2 Å². The number of nitrogens with one attached hydrogen (secondary N) is 1. The Balaban J connectivity index is 1.37. The minimum atomic E-state index is -1.78. The third-order valence-corrected chi connectivity index (χ3v) is 7.91. The average Bonchev–Trinajstić information content (AvgIpc) is 2.99. The van der Waals surface area contributed by atoms with Gasteiger partial charge in [0, 0.05) is 18.6 Å². The van der Waals surface area contributed by atoms with E-state index in [4.69, 9.17) is 40.9 Å². The summed E-state index contributed by atoms with van der Waals surface area (Å²) in [5, 5.41) is 75.1. The summed E-state index contributed by atoms with van der Waals surface area (Å²) >= 11 is 0. The number of hydrogen-bond acceptors (Lipinski definition) is 16. The highest BCUT2D eigenvalue weighted by Gasteiger charge is 2.51. The quantitative estimate of drug-likeness (QED) is 0.123. The molecule has 1 aliphatic carbocycles. The molecule has 0 radical (unpaired) electrons. The molecule has 244 valence electrons. The number of benzene rings is 1. The summed E-state index contributed by atoms with van der Waals surface area (Å²) in [6.07, 6.45) is -18.6. The molecule has 1 aromatic rings. The number of aliphatic hydroxyl groups excluding tert-OH is 7. The van der Waals surface area contributed by atoms with E-state index in [1.54, 1.807) is 24.3 Å². The van der Waals surface area contributed by atoms with Crippen molar-refractivity contribution in [3.8, 4) is 0 Å². The monoisotopic (exact) mass is 618 g/mol. The van der Waals surface area contributed by atoms with Crippen molar-refractivity contribution < 1.29 is 64.2 Å². The Morgan fingerprint density at radius 1 is 0.791 bits per heavy atom. The first-order valence-corrected chi connectivity index (χ1v) is 13.9. The summed E-state index contributed by atoms with van der Waals surface area (Å²) in [6, 6.07) is 5.88. The van der Waals surface area contributed by atoms with E-state index in [9.17, 15) is 40.5 Å². The summed E-state index contributed by atoms with van der Waals surface area (Å²) < 4.78 is 27.8. The highest BCUT2D eigenvalue weighted by molar-refractivity contribution is 5.67. The van der Waals surface area contributed by atoms with Gasteiger partial charge < -0.3 is 81.9 Å². The Morgan fingerprint density at radius 3 is 1.98 bits per heavy atom. The smallest absolute Gasteiger partial charge is 0.407 e. The molecule has 1 aromatic carbocycles. The summed E-state index contributed by atoms with van der Waals surface area (Å²) in [5.74, 6) is 0. The number of ether oxygens (including phenoxy) is 5. The van der Waals surface area contributed by atoms with E-state index < -0.39 is 104 Å². The van der Waals surface area contributed by atoms with Crippen LogP contribution in [0.25, 0.3) is 0 Å². The van der Waals surface area contributed by atoms with Crippen molar-refractivity contribution in [3.05, 3.63) is 35.9 Å². The second-order valence-corrected chi connectivity index (χ2v) is 11.0. The van der Waals surface area contributed by atoms with Gasteiger partial charge >= 0.3 is 6.09 Å². The Hall–Kier alpha value is -2.07. The zero-order valence-electron chi connectivity index (χ0n) is 23.2. The van der Waals surface area contributed by atoms with Crippen LogP contribution in [0.2, 0.25) is 0 Å². The molecule has 1 saturated carbocycles. The molecule has 3 aliphatic rings. The first kappa shape index (κ1) is 33.8. The Bertz CT molecular complexity index is 1030. The first-order valence-electron chi connectivity index (χ1n) is 13.9. The Labute approximate surface area is 247 Å². The predicted octanol–water partition coefficient (Wildman–Crippen LogP) is -5.32. The van der Waals surface area contributed by atoms with Gasteiger partial charge in [0.15, 0.2) is 12.6 Å². The van der Waals surface area contributed by atoms with Gasteiger partial charge in [0.05, 0.1) is 12.6 Å². The number of carbonyl (C=O) groups is 1. The van der Waals surface area contributed by atoms with Crippen LogP contribution < -0.4 is 22.5 Å². The van der Waals surface area contributed by atoms with Crippen molar-refractivity contribution in [3.63, 3.8) is 0 Å². The molecule has 14 N–H and O–H groups in total. The highest BCUT2D eigenvalue weighted by atomic mass is 16.7. The van der Waals surface area contributed by atoms with Crippen LogP contribution in [0.15, 0.2) is 30.3 Å². The number of hydrogen-bond donors (Lipinski definition) is 11. The lowest BCUT2D eigenvalue weighted by Gasteiger charge is -2.48. The molecule has 2 heterocycles. The summed E-state index contributed by atoms with van der Waals surface area (Å²) in [5.41, 5.74) is 19.0. The Kier molecular flexibility index (Phi) is 11.6. The normalized spacial score (nSPS) is 43.6. The van der Waals surface area contributed by atoms with Gasteiger partial charge in [0.25, 0.3) is 0 Å². The van der Waals surface area contributed by atoms with Crippen LogP contribution in [0.5, 0.6) is 0 Å². The van der Waals surface area contributed by atoms with E-state index in [0.717, 1.165) is 5.56 Å². The van der Waals surface area contributed by atoms with Gasteiger partial charge in [-0.3, -0.25) is 0 Å². The van der Waals surface area contributed by atoms with Crippen molar-refractivity contribution in [2.75, 3.05) is 13.2 Å². The van der Waals surface area contributed by atoms with Crippen LogP contribution in [-0.2, 0) is 30.3 Å². The molecule has 2 saturated heterocycles. The molecule has 0 aromatic heterocycles. The largest absolute Gasteiger partial charge is 0.445 e. The SMILES string of the molecule is N[C@@H]1[C@@H](O)[C@@H](O[C@@H]2[C@@H](O)[C@H](O[C@H]3O[C@H](CNC(=O)OCc4ccccc4)[C@@H](O)[C@H](O)[C@H]3O)[C@@H](N)C[C@H]2N)O[C@H](CO)[C@H]1O. The van der Waals surface area contributed by atoms with Crippen molar-refractivity contribution in [1.29, 1.82) is 0 Å². The summed E-state index contributed by atoms with van der Waals surface area (Å²) in [4.78, 5) is 12.2. The minimum absolute atomic E-state index is 0.00719. The van der Waals surface area contributed by atoms with Crippen molar-refractivity contribution in [2.45, 2.75) is 105 Å². The van der Waals surface area contributed by atoms with E-state index in [1.807, 2.05) is 6.07 Å². The van der Waals surface area contributed by atoms with E-state index in [2.05, 4.69) is 5.32 Å². The van der Waals surface area contributed by atoms with E-state index in [0.29, 0.717) is 0 Å². The lowest BCUT2D eigenvalue weighted by molar-refractivity contribution is -0.332. The molecule has 0 unspecified atom stereocenters. The van der Waals surface area contributed by atoms with Gasteiger partial charge in [-0.25, -0.2) is 4.79 Å². The molecule has 0 bridgehead atoms. The molecule has 17 nitrogen and oxygen atoms in total. The van der Waals surface area contributed by atoms with Gasteiger partial charge in [0.1, 0.15) is 67.6 Å². The van der Waals surface area contributed by atoms with Crippen LogP contribution >= 0.6 is 0 Å². The average molecular weight is 619 g/mol. The molecule has 3 fully saturated rings. The van der Waals surface area contributed by atoms with E-state index >= 15 is 0 Å². The zero-order valence-corrected chi connectivity index (χ0v) is 23.2. The molecule has 2 aliphatic heterocycles. The van der Waals surface area contributed by atoms with Crippen LogP contribution in [0.4, 0.5) is 4.79 Å². The fourth-order valence-electron chi connectivity index (χ4n) is 5.33. The van der Waals surface area contributed by atoms with Gasteiger partial charge in [-0.15, -0.1) is 0 Å².